The zero-order valence-electron chi connectivity index (χ0n) is 10.3. The first-order valence-corrected chi connectivity index (χ1v) is 6.23. The molecule has 3 heteroatoms. The Morgan fingerprint density at radius 3 is 2.50 bits per heavy atom. The molecule has 0 saturated carbocycles. The molecule has 0 aliphatic carbocycles. The third kappa shape index (κ3) is 3.25. The summed E-state index contributed by atoms with van der Waals surface area (Å²) in [5.74, 6) is 0.854. The molecule has 0 heterocycles. The Labute approximate surface area is 112 Å². The van der Waals surface area contributed by atoms with E-state index in [1.165, 1.54) is 5.56 Å². The highest BCUT2D eigenvalue weighted by atomic mass is 35.5. The van der Waals surface area contributed by atoms with Crippen molar-refractivity contribution in [2.24, 2.45) is 5.73 Å². The Balaban J connectivity index is 2.09. The van der Waals surface area contributed by atoms with E-state index in [1.807, 2.05) is 49.4 Å². The minimum absolute atomic E-state index is 0.482. The maximum atomic E-state index is 5.84. The smallest absolute Gasteiger partial charge is 0.124 e. The summed E-state index contributed by atoms with van der Waals surface area (Å²) in [6.45, 7) is 3.04. The molecule has 0 spiro atoms. The monoisotopic (exact) mass is 261 g/mol. The van der Waals surface area contributed by atoms with Gasteiger partial charge in [0.1, 0.15) is 12.4 Å². The van der Waals surface area contributed by atoms with Crippen LogP contribution in [0.4, 0.5) is 0 Å². The molecule has 0 amide bonds. The van der Waals surface area contributed by atoms with Crippen LogP contribution < -0.4 is 10.5 Å². The van der Waals surface area contributed by atoms with E-state index in [1.54, 1.807) is 0 Å². The van der Waals surface area contributed by atoms with Gasteiger partial charge >= 0.3 is 0 Å². The topological polar surface area (TPSA) is 35.2 Å². The minimum Gasteiger partial charge on any atom is -0.489 e. The average molecular weight is 262 g/mol. The van der Waals surface area contributed by atoms with Gasteiger partial charge in [0.2, 0.25) is 0 Å². The van der Waals surface area contributed by atoms with Crippen LogP contribution in [0.3, 0.4) is 0 Å². The fourth-order valence-electron chi connectivity index (χ4n) is 1.71. The van der Waals surface area contributed by atoms with E-state index in [4.69, 9.17) is 22.1 Å². The van der Waals surface area contributed by atoms with Gasteiger partial charge in [-0.1, -0.05) is 35.9 Å². The molecule has 18 heavy (non-hydrogen) atoms. The van der Waals surface area contributed by atoms with Gasteiger partial charge in [-0.15, -0.1) is 0 Å². The molecule has 0 bridgehead atoms. The molecule has 0 aromatic heterocycles. The number of nitrogens with two attached hydrogens (primary N) is 1. The number of halogens is 1. The fraction of sp³-hybridized carbons (Fsp3) is 0.200. The first-order valence-electron chi connectivity index (χ1n) is 5.86. The molecule has 0 saturated heterocycles. The molecule has 0 aliphatic rings. The van der Waals surface area contributed by atoms with Crippen molar-refractivity contribution in [3.05, 3.63) is 64.2 Å². The third-order valence-electron chi connectivity index (χ3n) is 2.75. The number of rotatable bonds is 4. The number of benzene rings is 2. The minimum atomic E-state index is 0.482. The van der Waals surface area contributed by atoms with Gasteiger partial charge in [0.25, 0.3) is 0 Å². The van der Waals surface area contributed by atoms with Crippen LogP contribution in [-0.2, 0) is 13.2 Å². The van der Waals surface area contributed by atoms with Crippen molar-refractivity contribution in [3.8, 4) is 5.75 Å². The predicted molar refractivity (Wildman–Crippen MR) is 74.9 cm³/mol. The second-order valence-electron chi connectivity index (χ2n) is 4.23. The van der Waals surface area contributed by atoms with E-state index >= 15 is 0 Å². The second-order valence-corrected chi connectivity index (χ2v) is 4.67. The van der Waals surface area contributed by atoms with Crippen LogP contribution in [0.2, 0.25) is 5.02 Å². The maximum Gasteiger partial charge on any atom is 0.124 e. The summed E-state index contributed by atoms with van der Waals surface area (Å²) >= 11 is 5.84. The molecular formula is C15H16ClNO. The molecule has 2 rings (SSSR count). The molecule has 0 unspecified atom stereocenters. The van der Waals surface area contributed by atoms with Crippen LogP contribution in [0, 0.1) is 6.92 Å². The first-order chi connectivity index (χ1) is 8.69. The summed E-state index contributed by atoms with van der Waals surface area (Å²) in [4.78, 5) is 0. The normalized spacial score (nSPS) is 10.4. The maximum absolute atomic E-state index is 5.84. The standard InChI is InChI=1S/C15H16ClNO/c1-11-2-5-13(9-17)15(8-11)18-10-12-3-6-14(16)7-4-12/h2-8H,9-10,17H2,1H3. The summed E-state index contributed by atoms with van der Waals surface area (Å²) < 4.78 is 5.81. The Kier molecular flexibility index (Phi) is 4.24. The lowest BCUT2D eigenvalue weighted by molar-refractivity contribution is 0.303. The van der Waals surface area contributed by atoms with Crippen LogP contribution in [-0.4, -0.2) is 0 Å². The number of hydrogen-bond acceptors (Lipinski definition) is 2. The lowest BCUT2D eigenvalue weighted by Gasteiger charge is -2.11. The third-order valence-corrected chi connectivity index (χ3v) is 3.00. The lowest BCUT2D eigenvalue weighted by atomic mass is 10.1. The number of ether oxygens (including phenoxy) is 1. The van der Waals surface area contributed by atoms with Gasteiger partial charge in [0.15, 0.2) is 0 Å². The Bertz CT molecular complexity index is 523. The van der Waals surface area contributed by atoms with Crippen LogP contribution >= 0.6 is 11.6 Å². The van der Waals surface area contributed by atoms with Crippen LogP contribution in [0.1, 0.15) is 16.7 Å². The SMILES string of the molecule is Cc1ccc(CN)c(OCc2ccc(Cl)cc2)c1. The summed E-state index contributed by atoms with van der Waals surface area (Å²) in [6, 6.07) is 13.7. The summed E-state index contributed by atoms with van der Waals surface area (Å²) in [7, 11) is 0. The van der Waals surface area contributed by atoms with Gasteiger partial charge < -0.3 is 10.5 Å². The van der Waals surface area contributed by atoms with Crippen LogP contribution in [0.15, 0.2) is 42.5 Å². The average Bonchev–Trinajstić information content (AvgIpc) is 2.38. The zero-order chi connectivity index (χ0) is 13.0. The highest BCUT2D eigenvalue weighted by Gasteiger charge is 2.03. The summed E-state index contributed by atoms with van der Waals surface area (Å²) in [5, 5.41) is 0.733. The van der Waals surface area contributed by atoms with E-state index in [0.717, 1.165) is 21.9 Å². The summed E-state index contributed by atoms with van der Waals surface area (Å²) in [5.41, 5.74) is 8.97. The zero-order valence-corrected chi connectivity index (χ0v) is 11.1. The van der Waals surface area contributed by atoms with E-state index in [9.17, 15) is 0 Å². The molecule has 0 atom stereocenters. The van der Waals surface area contributed by atoms with Crippen molar-refractivity contribution in [2.75, 3.05) is 0 Å². The molecule has 2 aromatic rings. The van der Waals surface area contributed by atoms with Gasteiger partial charge in [0.05, 0.1) is 0 Å². The van der Waals surface area contributed by atoms with Crippen molar-refractivity contribution in [1.82, 2.24) is 0 Å². The van der Waals surface area contributed by atoms with Crippen molar-refractivity contribution >= 4 is 11.6 Å². The Morgan fingerprint density at radius 2 is 1.83 bits per heavy atom. The molecule has 0 aliphatic heterocycles. The van der Waals surface area contributed by atoms with E-state index in [2.05, 4.69) is 0 Å². The Hall–Kier alpha value is -1.51. The van der Waals surface area contributed by atoms with Crippen molar-refractivity contribution in [3.63, 3.8) is 0 Å². The molecular weight excluding hydrogens is 246 g/mol. The van der Waals surface area contributed by atoms with Gasteiger partial charge in [0, 0.05) is 17.1 Å². The predicted octanol–water partition coefficient (Wildman–Crippen LogP) is 3.69. The van der Waals surface area contributed by atoms with E-state index < -0.39 is 0 Å². The van der Waals surface area contributed by atoms with Gasteiger partial charge in [-0.2, -0.15) is 0 Å². The summed E-state index contributed by atoms with van der Waals surface area (Å²) in [6.07, 6.45) is 0. The highest BCUT2D eigenvalue weighted by Crippen LogP contribution is 2.21. The molecule has 0 radical (unpaired) electrons. The molecule has 2 N–H and O–H groups in total. The van der Waals surface area contributed by atoms with E-state index in [0.29, 0.717) is 13.2 Å². The largest absolute Gasteiger partial charge is 0.489 e. The van der Waals surface area contributed by atoms with Gasteiger partial charge in [-0.05, 0) is 36.2 Å². The Morgan fingerprint density at radius 1 is 1.11 bits per heavy atom. The number of aryl methyl sites for hydroxylation is 1. The lowest BCUT2D eigenvalue weighted by Crippen LogP contribution is -2.03. The molecule has 2 nitrogen and oxygen atoms in total. The van der Waals surface area contributed by atoms with Crippen molar-refractivity contribution < 1.29 is 4.74 Å². The van der Waals surface area contributed by atoms with Crippen molar-refractivity contribution in [2.45, 2.75) is 20.1 Å². The number of hydrogen-bond donors (Lipinski definition) is 1. The highest BCUT2D eigenvalue weighted by molar-refractivity contribution is 6.30. The second kappa shape index (κ2) is 5.89. The fourth-order valence-corrected chi connectivity index (χ4v) is 1.83. The van der Waals surface area contributed by atoms with Gasteiger partial charge in [-0.25, -0.2) is 0 Å². The molecule has 2 aromatic carbocycles. The van der Waals surface area contributed by atoms with Crippen LogP contribution in [0.5, 0.6) is 5.75 Å². The molecule has 0 fully saturated rings. The van der Waals surface area contributed by atoms with Crippen LogP contribution in [0.25, 0.3) is 0 Å². The van der Waals surface area contributed by atoms with Gasteiger partial charge in [-0.3, -0.25) is 0 Å². The van der Waals surface area contributed by atoms with Crippen molar-refractivity contribution in [1.29, 1.82) is 0 Å². The first kappa shape index (κ1) is 12.9. The quantitative estimate of drug-likeness (QED) is 0.911. The van der Waals surface area contributed by atoms with E-state index in [-0.39, 0.29) is 0 Å². The molecule has 94 valence electrons.